The standard InChI is InChI=1S/C15H22N2O3/c1-3-7-14(19)15(20)17(13(4-2)11-18)10-12-8-5-6-9-16-12/h5-6,8-9,13,18H,3-4,7,10-11H2,1-2H3/t13-/m0/s1. The fourth-order valence-electron chi connectivity index (χ4n) is 1.98. The summed E-state index contributed by atoms with van der Waals surface area (Å²) in [4.78, 5) is 29.7. The molecule has 5 nitrogen and oxygen atoms in total. The third-order valence-corrected chi connectivity index (χ3v) is 3.16. The lowest BCUT2D eigenvalue weighted by molar-refractivity contribution is -0.147. The van der Waals surface area contributed by atoms with Crippen molar-refractivity contribution in [3.05, 3.63) is 30.1 Å². The van der Waals surface area contributed by atoms with Crippen LogP contribution in [-0.4, -0.2) is 39.3 Å². The van der Waals surface area contributed by atoms with Crippen molar-refractivity contribution in [2.75, 3.05) is 6.61 Å². The van der Waals surface area contributed by atoms with Crippen LogP contribution < -0.4 is 0 Å². The molecule has 0 saturated carbocycles. The van der Waals surface area contributed by atoms with E-state index in [9.17, 15) is 14.7 Å². The first-order chi connectivity index (χ1) is 9.63. The third kappa shape index (κ3) is 4.42. The molecule has 0 aromatic carbocycles. The first-order valence-electron chi connectivity index (χ1n) is 6.98. The number of hydrogen-bond donors (Lipinski definition) is 1. The number of nitrogens with zero attached hydrogens (tertiary/aromatic N) is 2. The number of ketones is 1. The highest BCUT2D eigenvalue weighted by molar-refractivity contribution is 6.36. The van der Waals surface area contributed by atoms with Crippen molar-refractivity contribution >= 4 is 11.7 Å². The highest BCUT2D eigenvalue weighted by Gasteiger charge is 2.27. The highest BCUT2D eigenvalue weighted by atomic mass is 16.3. The van der Waals surface area contributed by atoms with Crippen LogP contribution in [0.4, 0.5) is 0 Å². The number of carbonyl (C=O) groups excluding carboxylic acids is 2. The number of aliphatic hydroxyl groups is 1. The Kier molecular flexibility index (Phi) is 6.87. The smallest absolute Gasteiger partial charge is 0.290 e. The first kappa shape index (κ1) is 16.3. The number of carbonyl (C=O) groups is 2. The summed E-state index contributed by atoms with van der Waals surface area (Å²) in [6, 6.07) is 5.07. The predicted molar refractivity (Wildman–Crippen MR) is 75.9 cm³/mol. The number of Topliss-reactive ketones (excluding diaryl/α,β-unsaturated/α-hetero) is 1. The maximum atomic E-state index is 12.2. The van der Waals surface area contributed by atoms with Gasteiger partial charge < -0.3 is 10.0 Å². The maximum absolute atomic E-state index is 12.2. The minimum Gasteiger partial charge on any atom is -0.394 e. The second kappa shape index (κ2) is 8.43. The van der Waals surface area contributed by atoms with Crippen LogP contribution in [0.2, 0.25) is 0 Å². The van der Waals surface area contributed by atoms with Gasteiger partial charge in [0.2, 0.25) is 5.78 Å². The molecule has 0 bridgehead atoms. The summed E-state index contributed by atoms with van der Waals surface area (Å²) in [6.07, 6.45) is 3.11. The Morgan fingerprint density at radius 1 is 1.35 bits per heavy atom. The molecule has 0 aliphatic carbocycles. The molecule has 20 heavy (non-hydrogen) atoms. The topological polar surface area (TPSA) is 70.5 Å². The minimum atomic E-state index is -0.529. The molecule has 5 heteroatoms. The molecule has 0 radical (unpaired) electrons. The zero-order chi connectivity index (χ0) is 15.0. The zero-order valence-electron chi connectivity index (χ0n) is 12.1. The molecule has 0 aliphatic rings. The van der Waals surface area contributed by atoms with E-state index in [0.29, 0.717) is 18.5 Å². The summed E-state index contributed by atoms with van der Waals surface area (Å²) in [5, 5.41) is 9.41. The number of amides is 1. The van der Waals surface area contributed by atoms with Crippen LogP contribution in [0.5, 0.6) is 0 Å². The van der Waals surface area contributed by atoms with Gasteiger partial charge in [-0.05, 0) is 25.0 Å². The van der Waals surface area contributed by atoms with Gasteiger partial charge in [-0.15, -0.1) is 0 Å². The monoisotopic (exact) mass is 278 g/mol. The summed E-state index contributed by atoms with van der Waals surface area (Å²) in [5.74, 6) is -0.936. The van der Waals surface area contributed by atoms with Crippen molar-refractivity contribution in [1.82, 2.24) is 9.88 Å². The molecule has 1 rings (SSSR count). The molecule has 1 atom stereocenters. The Balaban J connectivity index is 2.90. The van der Waals surface area contributed by atoms with Gasteiger partial charge in [-0.25, -0.2) is 0 Å². The average molecular weight is 278 g/mol. The Bertz CT molecular complexity index is 430. The molecule has 1 N–H and O–H groups in total. The molecule has 0 spiro atoms. The van der Waals surface area contributed by atoms with Gasteiger partial charge in [0.05, 0.1) is 24.9 Å². The van der Waals surface area contributed by atoms with Crippen LogP contribution in [0, 0.1) is 0 Å². The van der Waals surface area contributed by atoms with Crippen LogP contribution >= 0.6 is 0 Å². The first-order valence-corrected chi connectivity index (χ1v) is 6.98. The van der Waals surface area contributed by atoms with Gasteiger partial charge in [0.15, 0.2) is 0 Å². The Labute approximate surface area is 119 Å². The summed E-state index contributed by atoms with van der Waals surface area (Å²) in [7, 11) is 0. The van der Waals surface area contributed by atoms with Crippen LogP contribution in [-0.2, 0) is 16.1 Å². The number of hydrogen-bond acceptors (Lipinski definition) is 4. The van der Waals surface area contributed by atoms with E-state index in [1.54, 1.807) is 18.3 Å². The van der Waals surface area contributed by atoms with Gasteiger partial charge >= 0.3 is 0 Å². The second-order valence-electron chi connectivity index (χ2n) is 4.67. The van der Waals surface area contributed by atoms with E-state index in [1.807, 2.05) is 19.9 Å². The van der Waals surface area contributed by atoms with Crippen LogP contribution in [0.1, 0.15) is 38.8 Å². The SMILES string of the molecule is CCCC(=O)C(=O)N(Cc1ccccn1)[C@@H](CC)CO. The van der Waals surface area contributed by atoms with E-state index >= 15 is 0 Å². The normalized spacial score (nSPS) is 11.9. The zero-order valence-corrected chi connectivity index (χ0v) is 12.1. The van der Waals surface area contributed by atoms with Crippen molar-refractivity contribution in [3.8, 4) is 0 Å². The summed E-state index contributed by atoms with van der Waals surface area (Å²) in [5.41, 5.74) is 0.706. The number of rotatable bonds is 8. The van der Waals surface area contributed by atoms with E-state index in [1.165, 1.54) is 4.90 Å². The van der Waals surface area contributed by atoms with Crippen molar-refractivity contribution in [2.24, 2.45) is 0 Å². The number of aliphatic hydroxyl groups excluding tert-OH is 1. The van der Waals surface area contributed by atoms with E-state index < -0.39 is 11.7 Å². The van der Waals surface area contributed by atoms with E-state index in [4.69, 9.17) is 0 Å². The van der Waals surface area contributed by atoms with Crippen molar-refractivity contribution in [1.29, 1.82) is 0 Å². The molecule has 0 unspecified atom stereocenters. The molecular formula is C15H22N2O3. The van der Waals surface area contributed by atoms with Crippen LogP contribution in [0.3, 0.4) is 0 Å². The van der Waals surface area contributed by atoms with Gasteiger partial charge in [0, 0.05) is 12.6 Å². The molecule has 110 valence electrons. The minimum absolute atomic E-state index is 0.158. The molecule has 1 heterocycles. The van der Waals surface area contributed by atoms with Gasteiger partial charge in [-0.2, -0.15) is 0 Å². The van der Waals surface area contributed by atoms with Crippen LogP contribution in [0.25, 0.3) is 0 Å². The fraction of sp³-hybridized carbons (Fsp3) is 0.533. The maximum Gasteiger partial charge on any atom is 0.290 e. The fourth-order valence-corrected chi connectivity index (χ4v) is 1.98. The summed E-state index contributed by atoms with van der Waals surface area (Å²) < 4.78 is 0. The van der Waals surface area contributed by atoms with Crippen molar-refractivity contribution in [2.45, 2.75) is 45.7 Å². The average Bonchev–Trinajstić information content (AvgIpc) is 2.48. The predicted octanol–water partition coefficient (Wildman–Crippen LogP) is 1.55. The van der Waals surface area contributed by atoms with Gasteiger partial charge in [-0.1, -0.05) is 19.9 Å². The lowest BCUT2D eigenvalue weighted by Gasteiger charge is -2.29. The lowest BCUT2D eigenvalue weighted by Crippen LogP contribution is -2.45. The van der Waals surface area contributed by atoms with Crippen LogP contribution in [0.15, 0.2) is 24.4 Å². The molecule has 1 amide bonds. The van der Waals surface area contributed by atoms with Crippen molar-refractivity contribution in [3.63, 3.8) is 0 Å². The Morgan fingerprint density at radius 3 is 2.60 bits per heavy atom. The largest absolute Gasteiger partial charge is 0.394 e. The van der Waals surface area contributed by atoms with Gasteiger partial charge in [0.25, 0.3) is 5.91 Å². The lowest BCUT2D eigenvalue weighted by atomic mass is 10.1. The van der Waals surface area contributed by atoms with Gasteiger partial charge in [0.1, 0.15) is 0 Å². The number of pyridine rings is 1. The number of aromatic nitrogens is 1. The van der Waals surface area contributed by atoms with E-state index in [-0.39, 0.29) is 25.6 Å². The summed E-state index contributed by atoms with van der Waals surface area (Å²) in [6.45, 7) is 3.82. The Morgan fingerprint density at radius 2 is 2.10 bits per heavy atom. The molecule has 0 saturated heterocycles. The highest BCUT2D eigenvalue weighted by Crippen LogP contribution is 2.11. The quantitative estimate of drug-likeness (QED) is 0.732. The third-order valence-electron chi connectivity index (χ3n) is 3.16. The van der Waals surface area contributed by atoms with Gasteiger partial charge in [-0.3, -0.25) is 14.6 Å². The van der Waals surface area contributed by atoms with Crippen molar-refractivity contribution < 1.29 is 14.7 Å². The molecule has 0 fully saturated rings. The molecule has 1 aromatic heterocycles. The second-order valence-corrected chi connectivity index (χ2v) is 4.67. The molecular weight excluding hydrogens is 256 g/mol. The van der Waals surface area contributed by atoms with E-state index in [2.05, 4.69) is 4.98 Å². The Hall–Kier alpha value is -1.75. The molecule has 0 aliphatic heterocycles. The molecule has 1 aromatic rings. The summed E-state index contributed by atoms with van der Waals surface area (Å²) >= 11 is 0. The van der Waals surface area contributed by atoms with E-state index in [0.717, 1.165) is 0 Å².